The van der Waals surface area contributed by atoms with E-state index in [2.05, 4.69) is 6.92 Å². The van der Waals surface area contributed by atoms with Crippen molar-refractivity contribution in [2.24, 2.45) is 5.73 Å². The molecule has 104 valence electrons. The number of ether oxygens (including phenoxy) is 1. The molecule has 2 N–H and O–H groups in total. The van der Waals surface area contributed by atoms with E-state index in [1.165, 1.54) is 0 Å². The number of hydrogen-bond acceptors (Lipinski definition) is 3. The van der Waals surface area contributed by atoms with Crippen LogP contribution in [0.3, 0.4) is 0 Å². The Kier molecular flexibility index (Phi) is 4.43. The van der Waals surface area contributed by atoms with Crippen LogP contribution in [0.2, 0.25) is 0 Å². The number of carbonyl (C=O) groups excluding carboxylic acids is 1. The zero-order chi connectivity index (χ0) is 13.8. The van der Waals surface area contributed by atoms with Crippen LogP contribution in [-0.4, -0.2) is 30.0 Å². The smallest absolute Gasteiger partial charge is 0.224 e. The largest absolute Gasteiger partial charge is 0.494 e. The van der Waals surface area contributed by atoms with Crippen molar-refractivity contribution in [3.63, 3.8) is 0 Å². The zero-order valence-corrected chi connectivity index (χ0v) is 11.6. The Morgan fingerprint density at radius 2 is 2.11 bits per heavy atom. The molecule has 0 spiro atoms. The maximum Gasteiger partial charge on any atom is 0.224 e. The minimum Gasteiger partial charge on any atom is -0.494 e. The summed E-state index contributed by atoms with van der Waals surface area (Å²) in [6.45, 7) is 5.50. The fourth-order valence-corrected chi connectivity index (χ4v) is 2.38. The molecule has 1 aliphatic rings. The van der Waals surface area contributed by atoms with Gasteiger partial charge in [0.05, 0.1) is 12.6 Å². The van der Waals surface area contributed by atoms with Crippen LogP contribution in [0.4, 0.5) is 0 Å². The van der Waals surface area contributed by atoms with Gasteiger partial charge >= 0.3 is 0 Å². The van der Waals surface area contributed by atoms with Gasteiger partial charge in [-0.2, -0.15) is 0 Å². The number of benzene rings is 1. The lowest BCUT2D eigenvalue weighted by Crippen LogP contribution is -2.30. The van der Waals surface area contributed by atoms with Gasteiger partial charge in [0.1, 0.15) is 5.75 Å². The van der Waals surface area contributed by atoms with E-state index in [0.29, 0.717) is 13.0 Å². The molecule has 1 heterocycles. The van der Waals surface area contributed by atoms with E-state index >= 15 is 0 Å². The molecule has 2 atom stereocenters. The molecule has 0 saturated carbocycles. The normalized spacial score (nSPS) is 20.7. The molecule has 1 saturated heterocycles. The molecule has 0 aliphatic carbocycles. The third-order valence-corrected chi connectivity index (χ3v) is 3.49. The second-order valence-electron chi connectivity index (χ2n) is 5.10. The predicted molar refractivity (Wildman–Crippen MR) is 74.9 cm³/mol. The number of rotatable bonds is 5. The second-order valence-corrected chi connectivity index (χ2v) is 5.10. The van der Waals surface area contributed by atoms with Crippen molar-refractivity contribution >= 4 is 5.91 Å². The van der Waals surface area contributed by atoms with Gasteiger partial charge in [-0.05, 0) is 31.0 Å². The first-order valence-corrected chi connectivity index (χ1v) is 6.89. The summed E-state index contributed by atoms with van der Waals surface area (Å²) in [6, 6.07) is 8.01. The Bertz CT molecular complexity index is 430. The van der Waals surface area contributed by atoms with E-state index in [-0.39, 0.29) is 18.0 Å². The molecule has 0 radical (unpaired) electrons. The Labute approximate surface area is 114 Å². The van der Waals surface area contributed by atoms with Gasteiger partial charge in [-0.15, -0.1) is 0 Å². The fourth-order valence-electron chi connectivity index (χ4n) is 2.38. The third kappa shape index (κ3) is 3.26. The topological polar surface area (TPSA) is 55.6 Å². The van der Waals surface area contributed by atoms with E-state index in [1.807, 2.05) is 36.1 Å². The molecule has 0 bridgehead atoms. The van der Waals surface area contributed by atoms with Crippen molar-refractivity contribution in [2.75, 3.05) is 13.2 Å². The number of carbonyl (C=O) groups is 1. The summed E-state index contributed by atoms with van der Waals surface area (Å²) in [4.78, 5) is 13.7. The number of amides is 1. The van der Waals surface area contributed by atoms with Crippen LogP contribution in [0.5, 0.6) is 5.75 Å². The van der Waals surface area contributed by atoms with Crippen molar-refractivity contribution in [1.82, 2.24) is 4.90 Å². The lowest BCUT2D eigenvalue weighted by atomic mass is 10.1. The zero-order valence-electron chi connectivity index (χ0n) is 11.6. The molecule has 2 unspecified atom stereocenters. The quantitative estimate of drug-likeness (QED) is 0.884. The van der Waals surface area contributed by atoms with Crippen LogP contribution in [0.15, 0.2) is 24.3 Å². The molecule has 0 aromatic heterocycles. The maximum atomic E-state index is 11.8. The molecule has 1 aromatic rings. The first-order chi connectivity index (χ1) is 9.11. The number of nitrogens with zero attached hydrogens (tertiary/aromatic N) is 1. The van der Waals surface area contributed by atoms with E-state index in [9.17, 15) is 4.79 Å². The van der Waals surface area contributed by atoms with Crippen molar-refractivity contribution < 1.29 is 9.53 Å². The average Bonchev–Trinajstić information content (AvgIpc) is 2.75. The Morgan fingerprint density at radius 3 is 2.63 bits per heavy atom. The van der Waals surface area contributed by atoms with Crippen molar-refractivity contribution in [3.05, 3.63) is 29.8 Å². The van der Waals surface area contributed by atoms with Gasteiger partial charge in [-0.1, -0.05) is 19.1 Å². The second kappa shape index (κ2) is 6.06. The summed E-state index contributed by atoms with van der Waals surface area (Å²) in [7, 11) is 0. The molecular formula is C15H22N2O2. The van der Waals surface area contributed by atoms with Gasteiger partial charge in [0.25, 0.3) is 0 Å². The van der Waals surface area contributed by atoms with E-state index in [1.54, 1.807) is 0 Å². The SMILES string of the molecule is CCCOc1ccc(C(C)N2CC(N)CC2=O)cc1. The summed E-state index contributed by atoms with van der Waals surface area (Å²) in [6.07, 6.45) is 1.46. The molecule has 4 heteroatoms. The number of nitrogens with two attached hydrogens (primary N) is 1. The summed E-state index contributed by atoms with van der Waals surface area (Å²) < 4.78 is 5.55. The summed E-state index contributed by atoms with van der Waals surface area (Å²) in [5.74, 6) is 1.02. The summed E-state index contributed by atoms with van der Waals surface area (Å²) in [5, 5.41) is 0. The molecular weight excluding hydrogens is 240 g/mol. The molecule has 1 amide bonds. The van der Waals surface area contributed by atoms with Gasteiger partial charge in [-0.25, -0.2) is 0 Å². The first kappa shape index (κ1) is 13.9. The molecule has 1 aliphatic heterocycles. The van der Waals surface area contributed by atoms with Gasteiger partial charge in [-0.3, -0.25) is 4.79 Å². The Morgan fingerprint density at radius 1 is 1.42 bits per heavy atom. The van der Waals surface area contributed by atoms with Gasteiger partial charge in [0.15, 0.2) is 0 Å². The van der Waals surface area contributed by atoms with Crippen LogP contribution in [0, 0.1) is 0 Å². The van der Waals surface area contributed by atoms with Crippen LogP contribution in [0.1, 0.15) is 38.3 Å². The summed E-state index contributed by atoms with van der Waals surface area (Å²) in [5.41, 5.74) is 6.94. The van der Waals surface area contributed by atoms with Gasteiger partial charge in [0.2, 0.25) is 5.91 Å². The molecule has 19 heavy (non-hydrogen) atoms. The van der Waals surface area contributed by atoms with Crippen molar-refractivity contribution in [1.29, 1.82) is 0 Å². The summed E-state index contributed by atoms with van der Waals surface area (Å²) >= 11 is 0. The minimum absolute atomic E-state index is 0.0258. The Hall–Kier alpha value is -1.55. The third-order valence-electron chi connectivity index (χ3n) is 3.49. The van der Waals surface area contributed by atoms with E-state index in [0.717, 1.165) is 24.3 Å². The highest BCUT2D eigenvalue weighted by Gasteiger charge is 2.30. The average molecular weight is 262 g/mol. The fraction of sp³-hybridized carbons (Fsp3) is 0.533. The van der Waals surface area contributed by atoms with Crippen molar-refractivity contribution in [2.45, 2.75) is 38.8 Å². The van der Waals surface area contributed by atoms with Crippen LogP contribution >= 0.6 is 0 Å². The van der Waals surface area contributed by atoms with E-state index < -0.39 is 0 Å². The number of likely N-dealkylation sites (tertiary alicyclic amines) is 1. The van der Waals surface area contributed by atoms with Crippen LogP contribution in [0.25, 0.3) is 0 Å². The highest BCUT2D eigenvalue weighted by Crippen LogP contribution is 2.26. The predicted octanol–water partition coefficient (Wildman–Crippen LogP) is 2.10. The van der Waals surface area contributed by atoms with Crippen molar-refractivity contribution in [3.8, 4) is 5.75 Å². The lowest BCUT2D eigenvalue weighted by molar-refractivity contribution is -0.129. The molecule has 2 rings (SSSR count). The van der Waals surface area contributed by atoms with Crippen LogP contribution < -0.4 is 10.5 Å². The number of hydrogen-bond donors (Lipinski definition) is 1. The minimum atomic E-state index is -0.0258. The molecule has 1 fully saturated rings. The van der Waals surface area contributed by atoms with Gasteiger partial charge < -0.3 is 15.4 Å². The first-order valence-electron chi connectivity index (χ1n) is 6.89. The highest BCUT2D eigenvalue weighted by molar-refractivity contribution is 5.79. The maximum absolute atomic E-state index is 11.8. The standard InChI is InChI=1S/C15H22N2O2/c1-3-8-19-14-6-4-12(5-7-14)11(2)17-10-13(16)9-15(17)18/h4-7,11,13H,3,8-10,16H2,1-2H3. The Balaban J connectivity index is 2.03. The highest BCUT2D eigenvalue weighted by atomic mass is 16.5. The van der Waals surface area contributed by atoms with Gasteiger partial charge in [0, 0.05) is 19.0 Å². The van der Waals surface area contributed by atoms with Crippen LogP contribution in [-0.2, 0) is 4.79 Å². The monoisotopic (exact) mass is 262 g/mol. The lowest BCUT2D eigenvalue weighted by Gasteiger charge is -2.25. The van der Waals surface area contributed by atoms with E-state index in [4.69, 9.17) is 10.5 Å². The molecule has 1 aromatic carbocycles. The molecule has 4 nitrogen and oxygen atoms in total.